The Hall–Kier alpha value is -1.47. The summed E-state index contributed by atoms with van der Waals surface area (Å²) in [7, 11) is 0. The molecule has 1 aromatic rings. The molecule has 0 spiro atoms. The van der Waals surface area contributed by atoms with Crippen molar-refractivity contribution in [2.75, 3.05) is 6.61 Å². The average Bonchev–Trinajstić information content (AvgIpc) is 2.86. The molecule has 5 nitrogen and oxygen atoms in total. The molecule has 1 aromatic carbocycles. The molecule has 0 amide bonds. The molecule has 19 heavy (non-hydrogen) atoms. The van der Waals surface area contributed by atoms with Crippen LogP contribution in [0.5, 0.6) is 0 Å². The molecule has 1 heterocycles. The summed E-state index contributed by atoms with van der Waals surface area (Å²) in [6.45, 7) is 0.608. The van der Waals surface area contributed by atoms with Gasteiger partial charge in [-0.2, -0.15) is 0 Å². The molecule has 0 radical (unpaired) electrons. The minimum Gasteiger partial charge on any atom is -0.479 e. The van der Waals surface area contributed by atoms with E-state index < -0.39 is 23.9 Å². The Labute approximate surface area is 117 Å². The fourth-order valence-corrected chi connectivity index (χ4v) is 1.79. The number of aromatic carboxylic acids is 1. The van der Waals surface area contributed by atoms with Gasteiger partial charge in [-0.3, -0.25) is 0 Å². The molecule has 1 aliphatic rings. The number of carboxylic acid groups (broad SMARTS) is 2. The van der Waals surface area contributed by atoms with Crippen molar-refractivity contribution in [1.82, 2.24) is 0 Å². The molecule has 0 saturated carbocycles. The van der Waals surface area contributed by atoms with Gasteiger partial charge in [0.15, 0.2) is 6.10 Å². The second-order valence-corrected chi connectivity index (χ2v) is 4.68. The standard InChI is InChI=1S/C7H4BrFO2.C5H8O3/c8-4-1-2-6(9)5(3-4)7(10)11;6-5(7)4-2-1-3-8-4/h1-3H,(H,10,11);4H,1-3H2,(H,6,7). The van der Waals surface area contributed by atoms with Crippen LogP contribution in [0.15, 0.2) is 22.7 Å². The lowest BCUT2D eigenvalue weighted by Crippen LogP contribution is -2.17. The highest BCUT2D eigenvalue weighted by molar-refractivity contribution is 9.10. The van der Waals surface area contributed by atoms with Crippen LogP contribution in [0.1, 0.15) is 23.2 Å². The molecule has 7 heteroatoms. The van der Waals surface area contributed by atoms with E-state index in [0.29, 0.717) is 17.5 Å². The van der Waals surface area contributed by atoms with Crippen molar-refractivity contribution < 1.29 is 28.9 Å². The number of carboxylic acids is 2. The Kier molecular flexibility index (Phi) is 5.91. The molecule has 0 bridgehead atoms. The summed E-state index contributed by atoms with van der Waals surface area (Å²) >= 11 is 3.03. The number of ether oxygens (including phenoxy) is 1. The zero-order valence-electron chi connectivity index (χ0n) is 9.81. The van der Waals surface area contributed by atoms with Crippen LogP contribution in [0.4, 0.5) is 4.39 Å². The minimum atomic E-state index is -1.26. The van der Waals surface area contributed by atoms with Gasteiger partial charge in [0.2, 0.25) is 0 Å². The van der Waals surface area contributed by atoms with E-state index in [0.717, 1.165) is 12.5 Å². The van der Waals surface area contributed by atoms with E-state index in [9.17, 15) is 14.0 Å². The van der Waals surface area contributed by atoms with Crippen molar-refractivity contribution in [2.45, 2.75) is 18.9 Å². The van der Waals surface area contributed by atoms with Crippen LogP contribution in [0.25, 0.3) is 0 Å². The monoisotopic (exact) mass is 334 g/mol. The first-order valence-corrected chi connectivity index (χ1v) is 6.24. The van der Waals surface area contributed by atoms with Gasteiger partial charge < -0.3 is 14.9 Å². The summed E-state index contributed by atoms with van der Waals surface area (Å²) in [5.74, 6) is -2.81. The van der Waals surface area contributed by atoms with Crippen LogP contribution < -0.4 is 0 Å². The molecule has 1 fully saturated rings. The third-order valence-corrected chi connectivity index (χ3v) is 2.86. The molecule has 2 N–H and O–H groups in total. The quantitative estimate of drug-likeness (QED) is 0.868. The summed E-state index contributed by atoms with van der Waals surface area (Å²) in [6, 6.07) is 3.77. The summed E-state index contributed by atoms with van der Waals surface area (Å²) in [5.41, 5.74) is -0.320. The third-order valence-electron chi connectivity index (χ3n) is 2.36. The molecule has 0 aromatic heterocycles. The molecule has 1 aliphatic heterocycles. The summed E-state index contributed by atoms with van der Waals surface area (Å²) in [6.07, 6.45) is 1.04. The van der Waals surface area contributed by atoms with E-state index >= 15 is 0 Å². The normalized spacial score (nSPS) is 17.5. The maximum absolute atomic E-state index is 12.6. The van der Waals surface area contributed by atoms with Crippen molar-refractivity contribution in [1.29, 1.82) is 0 Å². The first-order valence-electron chi connectivity index (χ1n) is 5.44. The SMILES string of the molecule is O=C(O)C1CCCO1.O=C(O)c1cc(Br)ccc1F. The smallest absolute Gasteiger partial charge is 0.338 e. The zero-order chi connectivity index (χ0) is 14.4. The zero-order valence-corrected chi connectivity index (χ0v) is 11.4. The maximum atomic E-state index is 12.6. The molecule has 104 valence electrons. The number of carbonyl (C=O) groups is 2. The van der Waals surface area contributed by atoms with Gasteiger partial charge in [0.1, 0.15) is 5.82 Å². The lowest BCUT2D eigenvalue weighted by Gasteiger charge is -1.98. The third kappa shape index (κ3) is 4.96. The highest BCUT2D eigenvalue weighted by atomic mass is 79.9. The summed E-state index contributed by atoms with van der Waals surface area (Å²) in [4.78, 5) is 20.4. The summed E-state index contributed by atoms with van der Waals surface area (Å²) < 4.78 is 18.0. The predicted octanol–water partition coefficient (Wildman–Crippen LogP) is 2.54. The molecule has 0 aliphatic carbocycles. The van der Waals surface area contributed by atoms with Gasteiger partial charge >= 0.3 is 11.9 Å². The van der Waals surface area contributed by atoms with Crippen molar-refractivity contribution >= 4 is 27.9 Å². The average molecular weight is 335 g/mol. The maximum Gasteiger partial charge on any atom is 0.338 e. The number of halogens is 2. The Morgan fingerprint density at radius 1 is 1.37 bits per heavy atom. The lowest BCUT2D eigenvalue weighted by atomic mass is 10.2. The largest absolute Gasteiger partial charge is 0.479 e. The lowest BCUT2D eigenvalue weighted by molar-refractivity contribution is -0.147. The van der Waals surface area contributed by atoms with Crippen LogP contribution in [-0.4, -0.2) is 34.9 Å². The molecule has 1 unspecified atom stereocenters. The van der Waals surface area contributed by atoms with E-state index in [4.69, 9.17) is 14.9 Å². The van der Waals surface area contributed by atoms with Crippen LogP contribution >= 0.6 is 15.9 Å². The Bertz CT molecular complexity index is 471. The second-order valence-electron chi connectivity index (χ2n) is 3.77. The highest BCUT2D eigenvalue weighted by Crippen LogP contribution is 2.15. The van der Waals surface area contributed by atoms with Gasteiger partial charge in [-0.15, -0.1) is 0 Å². The second kappa shape index (κ2) is 7.20. The van der Waals surface area contributed by atoms with Gasteiger partial charge in [-0.1, -0.05) is 15.9 Å². The van der Waals surface area contributed by atoms with Crippen LogP contribution in [0.3, 0.4) is 0 Å². The van der Waals surface area contributed by atoms with Crippen molar-refractivity contribution in [3.8, 4) is 0 Å². The highest BCUT2D eigenvalue weighted by Gasteiger charge is 2.21. The van der Waals surface area contributed by atoms with Gasteiger partial charge in [0.25, 0.3) is 0 Å². The number of aliphatic carboxylic acids is 1. The van der Waals surface area contributed by atoms with Gasteiger partial charge in [0.05, 0.1) is 5.56 Å². The fourth-order valence-electron chi connectivity index (χ4n) is 1.43. The Morgan fingerprint density at radius 3 is 2.42 bits per heavy atom. The topological polar surface area (TPSA) is 83.8 Å². The van der Waals surface area contributed by atoms with E-state index in [1.54, 1.807) is 0 Å². The molecule has 1 atom stereocenters. The number of benzene rings is 1. The number of rotatable bonds is 2. The van der Waals surface area contributed by atoms with E-state index in [1.807, 2.05) is 0 Å². The Morgan fingerprint density at radius 2 is 2.05 bits per heavy atom. The Balaban J connectivity index is 0.000000200. The number of hydrogen-bond donors (Lipinski definition) is 2. The van der Waals surface area contributed by atoms with Crippen molar-refractivity contribution in [2.24, 2.45) is 0 Å². The molecule has 1 saturated heterocycles. The van der Waals surface area contributed by atoms with Crippen molar-refractivity contribution in [3.63, 3.8) is 0 Å². The van der Waals surface area contributed by atoms with Gasteiger partial charge in [0, 0.05) is 11.1 Å². The van der Waals surface area contributed by atoms with E-state index in [2.05, 4.69) is 15.9 Å². The summed E-state index contributed by atoms with van der Waals surface area (Å²) in [5, 5.41) is 16.7. The van der Waals surface area contributed by atoms with Crippen LogP contribution in [0, 0.1) is 5.82 Å². The van der Waals surface area contributed by atoms with Crippen LogP contribution in [-0.2, 0) is 9.53 Å². The number of hydrogen-bond acceptors (Lipinski definition) is 3. The predicted molar refractivity (Wildman–Crippen MR) is 67.7 cm³/mol. The first kappa shape index (κ1) is 15.6. The molecular formula is C12H12BrFO5. The van der Waals surface area contributed by atoms with E-state index in [-0.39, 0.29) is 5.56 Å². The van der Waals surface area contributed by atoms with E-state index in [1.165, 1.54) is 12.1 Å². The fraction of sp³-hybridized carbons (Fsp3) is 0.333. The van der Waals surface area contributed by atoms with Gasteiger partial charge in [-0.05, 0) is 31.0 Å². The van der Waals surface area contributed by atoms with Crippen LogP contribution in [0.2, 0.25) is 0 Å². The molecular weight excluding hydrogens is 323 g/mol. The molecule has 2 rings (SSSR count). The first-order chi connectivity index (χ1) is 8.91. The van der Waals surface area contributed by atoms with Crippen molar-refractivity contribution in [3.05, 3.63) is 34.1 Å². The minimum absolute atomic E-state index is 0.320. The van der Waals surface area contributed by atoms with Gasteiger partial charge in [-0.25, -0.2) is 14.0 Å².